The van der Waals surface area contributed by atoms with Gasteiger partial charge in [-0.2, -0.15) is 0 Å². The van der Waals surface area contributed by atoms with Gasteiger partial charge in [0.1, 0.15) is 0 Å². The number of aliphatic carboxylic acids is 1. The molecule has 1 fully saturated rings. The van der Waals surface area contributed by atoms with Crippen molar-refractivity contribution in [1.82, 2.24) is 5.32 Å². The summed E-state index contributed by atoms with van der Waals surface area (Å²) in [5.74, 6) is -2.32. The number of rotatable bonds is 4. The first-order valence-corrected chi connectivity index (χ1v) is 6.20. The summed E-state index contributed by atoms with van der Waals surface area (Å²) in [6.07, 6.45) is 4.60. The molecule has 2 unspecified atom stereocenters. The van der Waals surface area contributed by atoms with Gasteiger partial charge in [-0.05, 0) is 32.1 Å². The molecule has 5 nitrogen and oxygen atoms in total. The number of aliphatic hydroxyl groups excluding tert-OH is 1. The molecule has 100 valence electrons. The van der Waals surface area contributed by atoms with E-state index in [9.17, 15) is 14.7 Å². The number of carboxylic acids is 1. The van der Waals surface area contributed by atoms with E-state index in [0.717, 1.165) is 6.42 Å². The molecule has 0 spiro atoms. The van der Waals surface area contributed by atoms with Gasteiger partial charge < -0.3 is 15.5 Å². The lowest BCUT2D eigenvalue weighted by atomic mass is 9.82. The minimum absolute atomic E-state index is 0.0191. The number of hydrogen-bond donors (Lipinski definition) is 3. The fraction of sp³-hybridized carbons (Fsp3) is 0.692. The Balaban J connectivity index is 2.15. The first-order valence-electron chi connectivity index (χ1n) is 6.20. The third-order valence-electron chi connectivity index (χ3n) is 3.90. The zero-order valence-electron chi connectivity index (χ0n) is 10.6. The number of carbonyl (C=O) groups is 2. The van der Waals surface area contributed by atoms with Crippen LogP contribution in [-0.2, 0) is 9.59 Å². The van der Waals surface area contributed by atoms with E-state index in [4.69, 9.17) is 5.11 Å². The second-order valence-electron chi connectivity index (χ2n) is 5.87. The molecule has 0 radical (unpaired) electrons. The van der Waals surface area contributed by atoms with Crippen LogP contribution in [-0.4, -0.2) is 34.2 Å². The van der Waals surface area contributed by atoms with Gasteiger partial charge >= 0.3 is 5.97 Å². The van der Waals surface area contributed by atoms with Crippen molar-refractivity contribution >= 4 is 11.9 Å². The summed E-state index contributed by atoms with van der Waals surface area (Å²) in [5, 5.41) is 21.1. The predicted molar refractivity (Wildman–Crippen MR) is 64.7 cm³/mol. The van der Waals surface area contributed by atoms with Gasteiger partial charge in [-0.3, -0.25) is 9.59 Å². The van der Waals surface area contributed by atoms with Crippen LogP contribution in [0.25, 0.3) is 0 Å². The van der Waals surface area contributed by atoms with Crippen molar-refractivity contribution < 1.29 is 19.8 Å². The van der Waals surface area contributed by atoms with Crippen LogP contribution in [0.5, 0.6) is 0 Å². The summed E-state index contributed by atoms with van der Waals surface area (Å²) in [4.78, 5) is 23.5. The van der Waals surface area contributed by atoms with Crippen LogP contribution in [0.15, 0.2) is 12.2 Å². The van der Waals surface area contributed by atoms with Crippen molar-refractivity contribution in [1.29, 1.82) is 0 Å². The van der Waals surface area contributed by atoms with Gasteiger partial charge in [-0.15, -0.1) is 0 Å². The molecule has 2 bridgehead atoms. The lowest BCUT2D eigenvalue weighted by molar-refractivity contribution is -0.148. The van der Waals surface area contributed by atoms with Gasteiger partial charge in [-0.1, -0.05) is 12.2 Å². The average molecular weight is 253 g/mol. The third kappa shape index (κ3) is 2.14. The van der Waals surface area contributed by atoms with Gasteiger partial charge in [0, 0.05) is 0 Å². The number of aliphatic hydroxyl groups is 1. The Morgan fingerprint density at radius 1 is 1.28 bits per heavy atom. The first kappa shape index (κ1) is 13.1. The van der Waals surface area contributed by atoms with Crippen LogP contribution in [0.4, 0.5) is 0 Å². The molecule has 0 aliphatic heterocycles. The van der Waals surface area contributed by atoms with Gasteiger partial charge in [-0.25, -0.2) is 0 Å². The molecular formula is C13H19NO4. The number of amides is 1. The van der Waals surface area contributed by atoms with Crippen LogP contribution in [0, 0.1) is 23.7 Å². The molecule has 5 heteroatoms. The maximum atomic E-state index is 12.2. The van der Waals surface area contributed by atoms with Gasteiger partial charge in [0.05, 0.1) is 24.0 Å². The van der Waals surface area contributed by atoms with E-state index in [1.54, 1.807) is 13.8 Å². The second kappa shape index (κ2) is 4.39. The standard InChI is InChI=1S/C13H19NO4/c1-13(2,6-15)14-11(16)9-7-3-4-8(5-7)10(9)12(17)18/h3-4,7-10,15H,5-6H2,1-2H3,(H,14,16)(H,17,18)/t7?,8?,9-,10+/m0/s1. The Hall–Kier alpha value is -1.36. The summed E-state index contributed by atoms with van der Waals surface area (Å²) in [6, 6.07) is 0. The highest BCUT2D eigenvalue weighted by Crippen LogP contribution is 2.48. The number of allylic oxidation sites excluding steroid dienone is 2. The average Bonchev–Trinajstić information content (AvgIpc) is 2.87. The summed E-state index contributed by atoms with van der Waals surface area (Å²) in [6.45, 7) is 3.25. The van der Waals surface area contributed by atoms with Crippen molar-refractivity contribution in [2.45, 2.75) is 25.8 Å². The van der Waals surface area contributed by atoms with Crippen molar-refractivity contribution in [2.24, 2.45) is 23.7 Å². The second-order valence-corrected chi connectivity index (χ2v) is 5.87. The molecule has 1 saturated carbocycles. The van der Waals surface area contributed by atoms with E-state index in [2.05, 4.69) is 5.32 Å². The minimum Gasteiger partial charge on any atom is -0.481 e. The largest absolute Gasteiger partial charge is 0.481 e. The Kier molecular flexibility index (Phi) is 3.19. The van der Waals surface area contributed by atoms with Gasteiger partial charge in [0.15, 0.2) is 0 Å². The monoisotopic (exact) mass is 253 g/mol. The molecule has 0 saturated heterocycles. The van der Waals surface area contributed by atoms with E-state index in [1.165, 1.54) is 0 Å². The number of nitrogens with one attached hydrogen (secondary N) is 1. The Bertz CT molecular complexity index is 402. The van der Waals surface area contributed by atoms with E-state index in [0.29, 0.717) is 0 Å². The van der Waals surface area contributed by atoms with Crippen molar-refractivity contribution in [3.05, 3.63) is 12.2 Å². The normalized spacial score (nSPS) is 33.7. The zero-order valence-corrected chi connectivity index (χ0v) is 10.6. The maximum absolute atomic E-state index is 12.2. The van der Waals surface area contributed by atoms with Crippen LogP contribution in [0.1, 0.15) is 20.3 Å². The molecule has 18 heavy (non-hydrogen) atoms. The molecule has 1 amide bonds. The van der Waals surface area contributed by atoms with Crippen LogP contribution < -0.4 is 5.32 Å². The SMILES string of the molecule is CC(C)(CO)NC(=O)[C@H]1C2C=CC(C2)[C@H]1C(=O)O. The fourth-order valence-electron chi connectivity index (χ4n) is 2.97. The topological polar surface area (TPSA) is 86.6 Å². The first-order chi connectivity index (χ1) is 8.35. The minimum atomic E-state index is -0.909. The number of fused-ring (bicyclic) bond motifs is 2. The van der Waals surface area contributed by atoms with Crippen molar-refractivity contribution in [3.8, 4) is 0 Å². The number of carbonyl (C=O) groups excluding carboxylic acids is 1. The molecule has 3 N–H and O–H groups in total. The summed E-state index contributed by atoms with van der Waals surface area (Å²) >= 11 is 0. The van der Waals surface area contributed by atoms with Crippen LogP contribution >= 0.6 is 0 Å². The quantitative estimate of drug-likeness (QED) is 0.633. The van der Waals surface area contributed by atoms with E-state index >= 15 is 0 Å². The molecule has 0 heterocycles. The molecular weight excluding hydrogens is 234 g/mol. The van der Waals surface area contributed by atoms with Crippen LogP contribution in [0.2, 0.25) is 0 Å². The molecule has 2 aliphatic carbocycles. The summed E-state index contributed by atoms with van der Waals surface area (Å²) in [7, 11) is 0. The summed E-state index contributed by atoms with van der Waals surface area (Å²) in [5.41, 5.74) is -0.717. The molecule has 0 aromatic rings. The highest BCUT2D eigenvalue weighted by atomic mass is 16.4. The number of hydrogen-bond acceptors (Lipinski definition) is 3. The van der Waals surface area contributed by atoms with E-state index < -0.39 is 23.3 Å². The van der Waals surface area contributed by atoms with Crippen molar-refractivity contribution in [3.63, 3.8) is 0 Å². The molecule has 0 aromatic carbocycles. The molecule has 2 rings (SSSR count). The summed E-state index contributed by atoms with van der Waals surface area (Å²) < 4.78 is 0. The van der Waals surface area contributed by atoms with Gasteiger partial charge in [0.2, 0.25) is 5.91 Å². The lowest BCUT2D eigenvalue weighted by Gasteiger charge is -2.29. The third-order valence-corrected chi connectivity index (χ3v) is 3.90. The highest BCUT2D eigenvalue weighted by Gasteiger charge is 2.52. The van der Waals surface area contributed by atoms with Crippen molar-refractivity contribution in [2.75, 3.05) is 6.61 Å². The van der Waals surface area contributed by atoms with E-state index in [1.807, 2.05) is 12.2 Å². The zero-order chi connectivity index (χ0) is 13.5. The Labute approximate surface area is 106 Å². The lowest BCUT2D eigenvalue weighted by Crippen LogP contribution is -2.51. The van der Waals surface area contributed by atoms with Gasteiger partial charge in [0.25, 0.3) is 0 Å². The molecule has 0 aromatic heterocycles. The smallest absolute Gasteiger partial charge is 0.307 e. The van der Waals surface area contributed by atoms with Crippen LogP contribution in [0.3, 0.4) is 0 Å². The predicted octanol–water partition coefficient (Wildman–Crippen LogP) is 0.396. The molecule has 2 aliphatic rings. The number of carboxylic acid groups (broad SMARTS) is 1. The van der Waals surface area contributed by atoms with E-state index in [-0.39, 0.29) is 24.3 Å². The maximum Gasteiger partial charge on any atom is 0.307 e. The fourth-order valence-corrected chi connectivity index (χ4v) is 2.97. The highest BCUT2D eigenvalue weighted by molar-refractivity contribution is 5.87. The molecule has 4 atom stereocenters. The Morgan fingerprint density at radius 3 is 2.33 bits per heavy atom. The Morgan fingerprint density at radius 2 is 1.83 bits per heavy atom.